The Balaban J connectivity index is 0.000000902. The zero-order chi connectivity index (χ0) is 52.5. The third-order valence-corrected chi connectivity index (χ3v) is 9.47. The van der Waals surface area contributed by atoms with Crippen molar-refractivity contribution in [3.8, 4) is 0 Å². The molecule has 27 heteroatoms. The molecule has 20 nitrogen and oxygen atoms in total. The van der Waals surface area contributed by atoms with Gasteiger partial charge in [0.25, 0.3) is 5.91 Å². The van der Waals surface area contributed by atoms with Crippen molar-refractivity contribution in [1.82, 2.24) is 24.9 Å². The summed E-state index contributed by atoms with van der Waals surface area (Å²) in [7, 11) is 0.189. The van der Waals surface area contributed by atoms with Gasteiger partial charge in [0.2, 0.25) is 29.5 Å². The summed E-state index contributed by atoms with van der Waals surface area (Å²) in [5.74, 6) is 1.88. The third kappa shape index (κ3) is 23.9. The number of imide groups is 2. The van der Waals surface area contributed by atoms with Gasteiger partial charge in [-0.05, 0) is 66.2 Å². The number of alkyl halides is 3. The van der Waals surface area contributed by atoms with Crippen molar-refractivity contribution >= 4 is 70.0 Å². The molecule has 0 saturated carbocycles. The number of quaternary nitrogens is 1. The molecule has 0 bridgehead atoms. The van der Waals surface area contributed by atoms with Crippen LogP contribution in [0.2, 0.25) is 0 Å². The van der Waals surface area contributed by atoms with Gasteiger partial charge in [-0.3, -0.25) is 57.5 Å². The molecule has 2 atom stereocenters. The summed E-state index contributed by atoms with van der Waals surface area (Å²) in [5, 5.41) is 8.62. The van der Waals surface area contributed by atoms with Gasteiger partial charge in [0.1, 0.15) is 36.5 Å². The van der Waals surface area contributed by atoms with E-state index in [9.17, 15) is 60.3 Å². The van der Waals surface area contributed by atoms with Crippen molar-refractivity contribution in [1.29, 1.82) is 0 Å². The van der Waals surface area contributed by atoms with Crippen LogP contribution in [0.5, 0.6) is 0 Å². The van der Waals surface area contributed by atoms with Crippen LogP contribution >= 0.6 is 0 Å². The van der Waals surface area contributed by atoms with Crippen LogP contribution in [-0.2, 0) is 48.6 Å². The minimum Gasteiger partial charge on any atom is -1.00 e. The van der Waals surface area contributed by atoms with Gasteiger partial charge >= 0.3 is 5.51 Å². The number of rotatable bonds is 15. The van der Waals surface area contributed by atoms with Gasteiger partial charge in [-0.1, -0.05) is 31.1 Å². The molecule has 2 heterocycles. The highest BCUT2D eigenvalue weighted by molar-refractivity contribution is 7.86. The number of hydrogen-bond donors (Lipinski definition) is 3. The first-order chi connectivity index (χ1) is 32.1. The first kappa shape index (κ1) is 63.1. The smallest absolute Gasteiger partial charge is 0.485 e. The van der Waals surface area contributed by atoms with Crippen LogP contribution in [0.3, 0.4) is 0 Å². The summed E-state index contributed by atoms with van der Waals surface area (Å²) < 4.78 is 84.5. The highest BCUT2D eigenvalue weighted by atomic mass is 32.2. The average Bonchev–Trinajstić information content (AvgIpc) is 3.67. The number of aldehydes is 2. The predicted molar refractivity (Wildman–Crippen MR) is 236 cm³/mol. The van der Waals surface area contributed by atoms with E-state index in [-0.39, 0.29) is 110 Å². The Morgan fingerprint density at radius 2 is 1.10 bits per heavy atom. The molecule has 70 heavy (non-hydrogen) atoms. The fourth-order valence-corrected chi connectivity index (χ4v) is 5.24. The molecule has 2 aliphatic rings. The van der Waals surface area contributed by atoms with Crippen molar-refractivity contribution in [2.45, 2.75) is 32.2 Å². The van der Waals surface area contributed by atoms with Gasteiger partial charge in [0.05, 0.1) is 27.4 Å². The molecular weight excluding hydrogens is 966 g/mol. The standard InChI is InChI=1S/C16H18FN3O4.C10H14NO.C9H15N3O4.C7H5FO.CHF3O3S.FH/c1-11-8-15(22)20(16(11)23)7-6-18-14(21)10-24-19-9-12-2-4-13(17)5-3-12;1-11(2,3)10-6-4-9(8-12)5-7-10;1-6-4-8(14)12(9(6)15)3-2-11-7(13)5-16-10;8-7-3-1-6(5-9)2-4-7;2-1(3,4)8(5,6)7;/h2-5,9,11H,6-8,10H2,1H3,(H,18,21);4-8H,1-3H3;6H,2-5,10H2,1H3,(H,11,13);1-5H;(H,5,6,7);1H/q;+1;;;;/p-2/b19-9+;;;;;/i17-1;;;8-1;;1-1. The van der Waals surface area contributed by atoms with E-state index in [0.29, 0.717) is 17.4 Å². The average molecular weight is 1020 g/mol. The normalized spacial score (nSPS) is 15.4. The van der Waals surface area contributed by atoms with Crippen LogP contribution in [0.4, 0.5) is 27.6 Å². The lowest BCUT2D eigenvalue weighted by atomic mass is 10.1. The fourth-order valence-electron chi connectivity index (χ4n) is 5.24. The Bertz CT molecular complexity index is 2340. The van der Waals surface area contributed by atoms with Crippen LogP contribution in [0, 0.1) is 23.5 Å². The Hall–Kier alpha value is -6.94. The number of benzene rings is 3. The molecule has 2 aliphatic heterocycles. The third-order valence-electron chi connectivity index (χ3n) is 8.90. The number of amides is 6. The van der Waals surface area contributed by atoms with Crippen molar-refractivity contribution in [3.63, 3.8) is 0 Å². The lowest BCUT2D eigenvalue weighted by molar-refractivity contribution is -0.140. The number of nitrogens with one attached hydrogen (secondary N) is 2. The second-order valence-corrected chi connectivity index (χ2v) is 16.7. The maximum Gasteiger partial charge on any atom is 0.485 e. The van der Waals surface area contributed by atoms with Crippen molar-refractivity contribution in [2.24, 2.45) is 22.9 Å². The molecule has 0 aromatic heterocycles. The highest BCUT2D eigenvalue weighted by Crippen LogP contribution is 2.21. The number of halogens is 6. The molecule has 2 unspecified atom stereocenters. The number of oxime groups is 1. The number of carbonyl (C=O) groups is 8. The van der Waals surface area contributed by atoms with Gasteiger partial charge in [-0.15, -0.1) is 0 Å². The van der Waals surface area contributed by atoms with Gasteiger partial charge in [-0.2, -0.15) is 13.2 Å². The molecular formula is C43H52F6N7O13S-. The van der Waals surface area contributed by atoms with E-state index in [0.717, 1.165) is 26.1 Å². The van der Waals surface area contributed by atoms with Gasteiger partial charge < -0.3 is 24.7 Å². The fraction of sp³-hybridized carbons (Fsp3) is 0.372. The minimum atomic E-state index is -6.09. The lowest BCUT2D eigenvalue weighted by Crippen LogP contribution is -3.00. The highest BCUT2D eigenvalue weighted by Gasteiger charge is 2.37. The van der Waals surface area contributed by atoms with Crippen LogP contribution in [0.1, 0.15) is 53.0 Å². The van der Waals surface area contributed by atoms with Gasteiger partial charge in [0, 0.05) is 62.0 Å². The van der Waals surface area contributed by atoms with E-state index >= 15 is 0 Å². The molecule has 3 aromatic carbocycles. The van der Waals surface area contributed by atoms with Crippen LogP contribution < -0.4 is 25.7 Å². The van der Waals surface area contributed by atoms with Crippen molar-refractivity contribution in [3.05, 3.63) is 101 Å². The summed E-state index contributed by atoms with van der Waals surface area (Å²) in [6, 6.07) is 18.6. The molecule has 4 N–H and O–H groups in total. The Morgan fingerprint density at radius 3 is 1.41 bits per heavy atom. The van der Waals surface area contributed by atoms with Gasteiger partial charge in [-0.25, -0.2) is 23.1 Å². The molecule has 2 saturated heterocycles. The number of hydrogen-bond acceptors (Lipinski definition) is 15. The largest absolute Gasteiger partial charge is 1.00 e. The van der Waals surface area contributed by atoms with Crippen molar-refractivity contribution in [2.75, 3.05) is 60.5 Å². The quantitative estimate of drug-likeness (QED) is 0.0252. The first-order valence-electron chi connectivity index (χ1n) is 20.2. The Kier molecular flexibility index (Phi) is 27.5. The minimum absolute atomic E-state index is 0. The van der Waals surface area contributed by atoms with E-state index in [1.165, 1.54) is 60.4 Å². The van der Waals surface area contributed by atoms with E-state index in [2.05, 4.69) is 41.8 Å². The first-order valence-corrected chi connectivity index (χ1v) is 21.6. The summed E-state index contributed by atoms with van der Waals surface area (Å²) in [4.78, 5) is 100. The monoisotopic (exact) mass is 1020 g/mol. The van der Waals surface area contributed by atoms with Crippen LogP contribution in [-0.4, -0.2) is 143 Å². The molecule has 0 radical (unpaired) electrons. The van der Waals surface area contributed by atoms with E-state index in [4.69, 9.17) is 23.7 Å². The van der Waals surface area contributed by atoms with E-state index in [1.807, 2.05) is 24.3 Å². The van der Waals surface area contributed by atoms with Crippen molar-refractivity contribution < 1.29 is 87.7 Å². The molecule has 386 valence electrons. The topological polar surface area (TPSA) is 281 Å². The Morgan fingerprint density at radius 1 is 0.743 bits per heavy atom. The zero-order valence-electron chi connectivity index (χ0n) is 38.3. The van der Waals surface area contributed by atoms with Crippen LogP contribution in [0.25, 0.3) is 0 Å². The summed E-state index contributed by atoms with van der Waals surface area (Å²) in [6.45, 7) is 3.59. The van der Waals surface area contributed by atoms with Crippen LogP contribution in [0.15, 0.2) is 78.0 Å². The maximum absolute atomic E-state index is 12.7. The van der Waals surface area contributed by atoms with E-state index in [1.54, 1.807) is 13.8 Å². The van der Waals surface area contributed by atoms with Gasteiger partial charge in [0.15, 0.2) is 16.7 Å². The number of nitrogens with two attached hydrogens (primary N) is 1. The second kappa shape index (κ2) is 30.5. The molecule has 5 rings (SSSR count). The molecule has 3 aromatic rings. The SMILES string of the molecule is CC1CC(=O)N(CCNC(=O)CO/N=C/c2ccc([18F])cc2)C1=O.CC1CC(=O)N(CCNC(=O)CON)C1=O.C[N+](C)(C)c1ccc(C=O)cc1.O=Cc1ccc([18F])cc1.O=S(=O)([O-])C(F)(F)F.[18F-]. The second-order valence-electron chi connectivity index (χ2n) is 15.3. The zero-order valence-corrected chi connectivity index (χ0v) is 39.1. The summed E-state index contributed by atoms with van der Waals surface area (Å²) in [6.07, 6.45) is 3.36. The summed E-state index contributed by atoms with van der Waals surface area (Å²) >= 11 is 0. The molecule has 0 aliphatic carbocycles. The predicted octanol–water partition coefficient (Wildman–Crippen LogP) is -0.535. The number of likely N-dealkylation sites (tertiary alicyclic amines) is 2. The lowest BCUT2D eigenvalue weighted by Gasteiger charge is -2.23. The Labute approximate surface area is 398 Å². The number of nitrogens with zero attached hydrogens (tertiary/aromatic N) is 4. The van der Waals surface area contributed by atoms with E-state index < -0.39 is 21.5 Å². The number of carbonyl (C=O) groups excluding carboxylic acids is 8. The summed E-state index contributed by atoms with van der Waals surface area (Å²) in [5.41, 5.74) is -2.59. The molecule has 2 fully saturated rings. The molecule has 6 amide bonds. The maximum atomic E-state index is 12.7. The molecule has 0 spiro atoms.